The van der Waals surface area contributed by atoms with Crippen LogP contribution in [-0.2, 0) is 10.4 Å². The number of Topliss-reactive ketones (excluding diaryl/α,β-unsaturated/α-hetero) is 1. The minimum absolute atomic E-state index is 0.0371. The van der Waals surface area contributed by atoms with Gasteiger partial charge in [0.15, 0.2) is 11.6 Å². The van der Waals surface area contributed by atoms with Crippen LogP contribution in [0.1, 0.15) is 61.9 Å². The Labute approximate surface area is 175 Å². The molecule has 3 aliphatic rings. The zero-order valence-corrected chi connectivity index (χ0v) is 17.4. The highest BCUT2D eigenvalue weighted by atomic mass is 16.3. The highest BCUT2D eigenvalue weighted by molar-refractivity contribution is 6.01. The summed E-state index contributed by atoms with van der Waals surface area (Å²) in [6, 6.07) is 0. The van der Waals surface area contributed by atoms with E-state index in [-0.39, 0.29) is 53.3 Å². The molecule has 30 heavy (non-hydrogen) atoms. The quantitative estimate of drug-likeness (QED) is 0.523. The number of aliphatic hydroxyl groups is 1. The first kappa shape index (κ1) is 20.8. The molecule has 0 bridgehead atoms. The SMILES string of the molecule is CC1CCC2C(C=CC(C)C2C(=O)c2c(O)c(C3(O)C=CC(=O)CC3)c[nH]c2=O)C1. The maximum absolute atomic E-state index is 13.6. The van der Waals surface area contributed by atoms with Crippen molar-refractivity contribution in [1.82, 2.24) is 4.98 Å². The fourth-order valence-electron chi connectivity index (χ4n) is 5.56. The van der Waals surface area contributed by atoms with Gasteiger partial charge in [0.1, 0.15) is 16.9 Å². The van der Waals surface area contributed by atoms with Crippen LogP contribution in [0.5, 0.6) is 5.75 Å². The Bertz CT molecular complexity index is 990. The van der Waals surface area contributed by atoms with Crippen LogP contribution >= 0.6 is 0 Å². The number of carbonyl (C=O) groups excluding carboxylic acids is 2. The predicted octanol–water partition coefficient (Wildman–Crippen LogP) is 3.24. The van der Waals surface area contributed by atoms with Gasteiger partial charge in [0, 0.05) is 24.1 Å². The smallest absolute Gasteiger partial charge is 0.262 e. The zero-order valence-electron chi connectivity index (χ0n) is 17.4. The van der Waals surface area contributed by atoms with Gasteiger partial charge in [0.2, 0.25) is 0 Å². The van der Waals surface area contributed by atoms with Crippen LogP contribution in [0.2, 0.25) is 0 Å². The second-order valence-electron chi connectivity index (χ2n) is 9.36. The number of H-pyrrole nitrogens is 1. The van der Waals surface area contributed by atoms with Gasteiger partial charge in [-0.2, -0.15) is 0 Å². The topological polar surface area (TPSA) is 107 Å². The fourth-order valence-corrected chi connectivity index (χ4v) is 5.56. The molecule has 0 amide bonds. The summed E-state index contributed by atoms with van der Waals surface area (Å²) in [7, 11) is 0. The molecule has 0 radical (unpaired) electrons. The first-order valence-corrected chi connectivity index (χ1v) is 10.8. The van der Waals surface area contributed by atoms with Crippen LogP contribution in [-0.4, -0.2) is 26.8 Å². The number of hydrogen-bond acceptors (Lipinski definition) is 5. The Morgan fingerprint density at radius 2 is 1.97 bits per heavy atom. The maximum atomic E-state index is 13.6. The Morgan fingerprint density at radius 1 is 1.20 bits per heavy atom. The molecule has 4 rings (SSSR count). The molecule has 3 N–H and O–H groups in total. The Morgan fingerprint density at radius 3 is 2.67 bits per heavy atom. The van der Waals surface area contributed by atoms with Gasteiger partial charge in [-0.1, -0.05) is 32.4 Å². The number of carbonyl (C=O) groups is 2. The van der Waals surface area contributed by atoms with E-state index in [9.17, 15) is 24.6 Å². The van der Waals surface area contributed by atoms with E-state index in [1.54, 1.807) is 0 Å². The summed E-state index contributed by atoms with van der Waals surface area (Å²) < 4.78 is 0. The van der Waals surface area contributed by atoms with Gasteiger partial charge in [-0.3, -0.25) is 14.4 Å². The molecule has 0 aliphatic heterocycles. The molecule has 0 saturated heterocycles. The number of pyridine rings is 1. The van der Waals surface area contributed by atoms with Crippen LogP contribution in [0.3, 0.4) is 0 Å². The summed E-state index contributed by atoms with van der Waals surface area (Å²) in [5.41, 5.74) is -2.47. The first-order chi connectivity index (χ1) is 14.2. The largest absolute Gasteiger partial charge is 0.507 e. The highest BCUT2D eigenvalue weighted by Crippen LogP contribution is 2.46. The van der Waals surface area contributed by atoms with Gasteiger partial charge in [-0.25, -0.2) is 0 Å². The lowest BCUT2D eigenvalue weighted by atomic mass is 9.61. The second-order valence-corrected chi connectivity index (χ2v) is 9.36. The van der Waals surface area contributed by atoms with E-state index in [2.05, 4.69) is 24.1 Å². The summed E-state index contributed by atoms with van der Waals surface area (Å²) in [5, 5.41) is 21.9. The number of fused-ring (bicyclic) bond motifs is 1. The fraction of sp³-hybridized carbons (Fsp3) is 0.542. The lowest BCUT2D eigenvalue weighted by molar-refractivity contribution is -0.116. The summed E-state index contributed by atoms with van der Waals surface area (Å²) in [6.07, 6.45) is 11.3. The van der Waals surface area contributed by atoms with Crippen LogP contribution in [0.4, 0.5) is 0 Å². The molecule has 6 nitrogen and oxygen atoms in total. The number of aromatic amines is 1. The summed E-state index contributed by atoms with van der Waals surface area (Å²) >= 11 is 0. The molecule has 0 aromatic carbocycles. The predicted molar refractivity (Wildman–Crippen MR) is 112 cm³/mol. The number of ketones is 2. The van der Waals surface area contributed by atoms with E-state index in [0.717, 1.165) is 19.3 Å². The molecular formula is C24H29NO5. The van der Waals surface area contributed by atoms with Crippen molar-refractivity contribution in [3.63, 3.8) is 0 Å². The molecule has 6 unspecified atom stereocenters. The molecule has 6 heteroatoms. The van der Waals surface area contributed by atoms with Gasteiger partial charge in [0.25, 0.3) is 5.56 Å². The first-order valence-electron chi connectivity index (χ1n) is 10.8. The third kappa shape index (κ3) is 3.47. The van der Waals surface area contributed by atoms with Crippen molar-refractivity contribution in [3.8, 4) is 5.75 Å². The number of aromatic hydroxyl groups is 1. The van der Waals surface area contributed by atoms with Crippen LogP contribution in [0.25, 0.3) is 0 Å². The van der Waals surface area contributed by atoms with E-state index in [0.29, 0.717) is 11.8 Å². The number of aromatic nitrogens is 1. The van der Waals surface area contributed by atoms with Crippen LogP contribution < -0.4 is 5.56 Å². The summed E-state index contributed by atoms with van der Waals surface area (Å²) in [6.45, 7) is 4.20. The molecule has 160 valence electrons. The number of allylic oxidation sites excluding steroid dienone is 3. The van der Waals surface area contributed by atoms with Crippen molar-refractivity contribution >= 4 is 11.6 Å². The van der Waals surface area contributed by atoms with E-state index in [1.165, 1.54) is 18.3 Å². The van der Waals surface area contributed by atoms with Gasteiger partial charge in [-0.15, -0.1) is 0 Å². The van der Waals surface area contributed by atoms with Gasteiger partial charge < -0.3 is 15.2 Å². The average Bonchev–Trinajstić information content (AvgIpc) is 2.70. The van der Waals surface area contributed by atoms with E-state index in [1.807, 2.05) is 6.92 Å². The third-order valence-corrected chi connectivity index (χ3v) is 7.29. The molecule has 1 saturated carbocycles. The van der Waals surface area contributed by atoms with Crippen molar-refractivity contribution in [1.29, 1.82) is 0 Å². The van der Waals surface area contributed by atoms with Crippen molar-refractivity contribution in [2.75, 3.05) is 0 Å². The van der Waals surface area contributed by atoms with Crippen molar-refractivity contribution < 1.29 is 19.8 Å². The number of nitrogens with one attached hydrogen (secondary N) is 1. The Balaban J connectivity index is 1.74. The van der Waals surface area contributed by atoms with E-state index >= 15 is 0 Å². The molecule has 6 atom stereocenters. The zero-order chi connectivity index (χ0) is 21.6. The van der Waals surface area contributed by atoms with E-state index in [4.69, 9.17) is 0 Å². The minimum Gasteiger partial charge on any atom is -0.507 e. The molecule has 1 aromatic heterocycles. The highest BCUT2D eigenvalue weighted by Gasteiger charge is 2.44. The normalized spacial score (nSPS) is 35.8. The van der Waals surface area contributed by atoms with Gasteiger partial charge in [0.05, 0.1) is 0 Å². The van der Waals surface area contributed by atoms with Crippen LogP contribution in [0, 0.1) is 29.6 Å². The van der Waals surface area contributed by atoms with Crippen molar-refractivity contribution in [2.24, 2.45) is 29.6 Å². The molecule has 1 fully saturated rings. The van der Waals surface area contributed by atoms with Gasteiger partial charge in [-0.05, 0) is 55.1 Å². The van der Waals surface area contributed by atoms with Crippen molar-refractivity contribution in [2.45, 2.75) is 51.6 Å². The average molecular weight is 411 g/mol. The molecular weight excluding hydrogens is 382 g/mol. The lowest BCUT2D eigenvalue weighted by Crippen LogP contribution is -2.41. The monoisotopic (exact) mass is 411 g/mol. The van der Waals surface area contributed by atoms with E-state index < -0.39 is 16.9 Å². The Kier molecular flexibility index (Phi) is 5.30. The van der Waals surface area contributed by atoms with Gasteiger partial charge >= 0.3 is 0 Å². The summed E-state index contributed by atoms with van der Waals surface area (Å²) in [4.78, 5) is 40.3. The van der Waals surface area contributed by atoms with Crippen LogP contribution in [0.15, 0.2) is 35.3 Å². The standard InChI is InChI=1S/C24H29NO5/c1-13-3-6-17-15(11-13)5-4-14(2)19(17)22(28)20-21(27)18(12-25-23(20)29)24(30)9-7-16(26)8-10-24/h4-5,7,9,12-15,17,19,30H,3,6,8,10-11H2,1-2H3,(H2,25,27,29). The second kappa shape index (κ2) is 7.65. The molecule has 1 heterocycles. The minimum atomic E-state index is -1.60. The number of rotatable bonds is 3. The molecule has 3 aliphatic carbocycles. The third-order valence-electron chi connectivity index (χ3n) is 7.29. The lowest BCUT2D eigenvalue weighted by Gasteiger charge is -2.42. The molecule has 1 aromatic rings. The summed E-state index contributed by atoms with van der Waals surface area (Å²) in [5.74, 6) is -0.316. The number of hydrogen-bond donors (Lipinski definition) is 3. The molecule has 0 spiro atoms. The Hall–Kier alpha value is -2.47. The maximum Gasteiger partial charge on any atom is 0.262 e. The van der Waals surface area contributed by atoms with Crippen molar-refractivity contribution in [3.05, 3.63) is 52.0 Å².